The van der Waals surface area contributed by atoms with E-state index in [-0.39, 0.29) is 0 Å². The van der Waals surface area contributed by atoms with Crippen LogP contribution in [0.25, 0.3) is 10.1 Å². The fourth-order valence-electron chi connectivity index (χ4n) is 2.84. The molecule has 2 aromatic rings. The average Bonchev–Trinajstić information content (AvgIpc) is 2.60. The minimum Gasteiger partial charge on any atom is -0.398 e. The summed E-state index contributed by atoms with van der Waals surface area (Å²) in [5.74, 6) is 0. The van der Waals surface area contributed by atoms with E-state index in [9.17, 15) is 0 Å². The van der Waals surface area contributed by atoms with E-state index < -0.39 is 0 Å². The summed E-state index contributed by atoms with van der Waals surface area (Å²) >= 11 is 1.82. The largest absolute Gasteiger partial charge is 0.398 e. The zero-order valence-corrected chi connectivity index (χ0v) is 11.5. The molecule has 1 saturated heterocycles. The Balaban J connectivity index is 1.85. The lowest BCUT2D eigenvalue weighted by Crippen LogP contribution is -2.23. The van der Waals surface area contributed by atoms with E-state index in [0.29, 0.717) is 0 Å². The monoisotopic (exact) mass is 260 g/mol. The van der Waals surface area contributed by atoms with Crippen LogP contribution in [0, 0.1) is 0 Å². The van der Waals surface area contributed by atoms with Crippen LogP contribution in [0.4, 0.5) is 5.69 Å². The number of nitrogens with two attached hydrogens (primary N) is 1. The Bertz CT molecular complexity index is 524. The molecular formula is C15H20N2S. The molecule has 1 aromatic heterocycles. The zero-order valence-electron chi connectivity index (χ0n) is 10.7. The van der Waals surface area contributed by atoms with Crippen molar-refractivity contribution in [1.82, 2.24) is 4.90 Å². The first-order valence-electron chi connectivity index (χ1n) is 6.81. The van der Waals surface area contributed by atoms with E-state index in [1.807, 2.05) is 23.5 Å². The molecule has 2 heterocycles. The second-order valence-corrected chi connectivity index (χ2v) is 6.08. The second-order valence-electron chi connectivity index (χ2n) is 5.17. The van der Waals surface area contributed by atoms with Crippen LogP contribution in [0.1, 0.15) is 31.2 Å². The first-order valence-corrected chi connectivity index (χ1v) is 7.69. The Labute approximate surface area is 112 Å². The first-order chi connectivity index (χ1) is 8.84. The summed E-state index contributed by atoms with van der Waals surface area (Å²) in [6.45, 7) is 3.54. The lowest BCUT2D eigenvalue weighted by molar-refractivity contribution is 0.278. The first kappa shape index (κ1) is 12.0. The van der Waals surface area contributed by atoms with Crippen molar-refractivity contribution in [3.05, 3.63) is 29.1 Å². The average molecular weight is 260 g/mol. The third-order valence-electron chi connectivity index (χ3n) is 3.80. The number of anilines is 1. The van der Waals surface area contributed by atoms with Gasteiger partial charge in [-0.3, -0.25) is 4.90 Å². The van der Waals surface area contributed by atoms with Gasteiger partial charge in [-0.05, 0) is 49.0 Å². The summed E-state index contributed by atoms with van der Waals surface area (Å²) in [7, 11) is 0. The van der Waals surface area contributed by atoms with Crippen LogP contribution in [0.2, 0.25) is 0 Å². The van der Waals surface area contributed by atoms with Crippen LogP contribution in [-0.2, 0) is 6.54 Å². The molecule has 1 aliphatic rings. The molecule has 0 aliphatic carbocycles. The van der Waals surface area contributed by atoms with E-state index in [4.69, 9.17) is 5.73 Å². The van der Waals surface area contributed by atoms with E-state index in [0.717, 1.165) is 12.2 Å². The summed E-state index contributed by atoms with van der Waals surface area (Å²) < 4.78 is 1.32. The van der Waals surface area contributed by atoms with Crippen molar-refractivity contribution in [3.63, 3.8) is 0 Å². The number of nitrogen functional groups attached to an aromatic ring is 1. The van der Waals surface area contributed by atoms with E-state index in [1.165, 1.54) is 54.4 Å². The predicted molar refractivity (Wildman–Crippen MR) is 80.0 cm³/mol. The molecule has 2 nitrogen and oxygen atoms in total. The number of fused-ring (bicyclic) bond motifs is 1. The molecule has 1 aromatic carbocycles. The van der Waals surface area contributed by atoms with Gasteiger partial charge in [0, 0.05) is 22.3 Å². The van der Waals surface area contributed by atoms with Gasteiger partial charge in [-0.15, -0.1) is 11.3 Å². The Morgan fingerprint density at radius 1 is 1.11 bits per heavy atom. The van der Waals surface area contributed by atoms with Gasteiger partial charge in [0.15, 0.2) is 0 Å². The summed E-state index contributed by atoms with van der Waals surface area (Å²) in [5, 5.41) is 3.57. The van der Waals surface area contributed by atoms with Crippen LogP contribution in [0.3, 0.4) is 0 Å². The van der Waals surface area contributed by atoms with Crippen LogP contribution < -0.4 is 5.73 Å². The van der Waals surface area contributed by atoms with Crippen LogP contribution in [0.15, 0.2) is 23.6 Å². The van der Waals surface area contributed by atoms with Crippen molar-refractivity contribution < 1.29 is 0 Å². The lowest BCUT2D eigenvalue weighted by atomic mass is 10.1. The standard InChI is InChI=1S/C15H20N2S/c16-13-6-5-7-14-15(13)12(11-18-14)10-17-8-3-1-2-4-9-17/h5-7,11H,1-4,8-10,16H2. The second kappa shape index (κ2) is 5.29. The van der Waals surface area contributed by atoms with E-state index in [2.05, 4.69) is 16.3 Å². The molecule has 0 radical (unpaired) electrons. The molecule has 18 heavy (non-hydrogen) atoms. The molecule has 0 atom stereocenters. The van der Waals surface area contributed by atoms with Crippen LogP contribution >= 0.6 is 11.3 Å². The molecule has 3 rings (SSSR count). The van der Waals surface area contributed by atoms with Gasteiger partial charge in [-0.2, -0.15) is 0 Å². The number of likely N-dealkylation sites (tertiary alicyclic amines) is 1. The van der Waals surface area contributed by atoms with Gasteiger partial charge >= 0.3 is 0 Å². The Morgan fingerprint density at radius 2 is 1.89 bits per heavy atom. The summed E-state index contributed by atoms with van der Waals surface area (Å²) in [5.41, 5.74) is 8.47. The summed E-state index contributed by atoms with van der Waals surface area (Å²) in [4.78, 5) is 2.58. The number of hydrogen-bond acceptors (Lipinski definition) is 3. The Morgan fingerprint density at radius 3 is 2.67 bits per heavy atom. The summed E-state index contributed by atoms with van der Waals surface area (Å²) in [6.07, 6.45) is 5.47. The Hall–Kier alpha value is -1.06. The zero-order chi connectivity index (χ0) is 12.4. The topological polar surface area (TPSA) is 29.3 Å². The van der Waals surface area contributed by atoms with Crippen molar-refractivity contribution in [2.45, 2.75) is 32.2 Å². The van der Waals surface area contributed by atoms with Gasteiger partial charge in [0.25, 0.3) is 0 Å². The fourth-order valence-corrected chi connectivity index (χ4v) is 3.82. The third kappa shape index (κ3) is 2.38. The van der Waals surface area contributed by atoms with Crippen LogP contribution in [0.5, 0.6) is 0 Å². The maximum atomic E-state index is 6.13. The maximum absolute atomic E-state index is 6.13. The molecule has 0 saturated carbocycles. The predicted octanol–water partition coefficient (Wildman–Crippen LogP) is 3.86. The molecule has 1 fully saturated rings. The number of rotatable bonds is 2. The van der Waals surface area contributed by atoms with Gasteiger partial charge in [0.1, 0.15) is 0 Å². The van der Waals surface area contributed by atoms with Gasteiger partial charge in [0.2, 0.25) is 0 Å². The van der Waals surface area contributed by atoms with Crippen molar-refractivity contribution in [1.29, 1.82) is 0 Å². The molecule has 2 N–H and O–H groups in total. The van der Waals surface area contributed by atoms with Crippen molar-refractivity contribution in [2.24, 2.45) is 0 Å². The molecule has 96 valence electrons. The van der Waals surface area contributed by atoms with Gasteiger partial charge in [-0.25, -0.2) is 0 Å². The highest BCUT2D eigenvalue weighted by atomic mass is 32.1. The smallest absolute Gasteiger partial charge is 0.0405 e. The number of benzene rings is 1. The SMILES string of the molecule is Nc1cccc2scc(CN3CCCCCC3)c12. The minimum atomic E-state index is 0.929. The number of hydrogen-bond donors (Lipinski definition) is 1. The third-order valence-corrected chi connectivity index (χ3v) is 4.80. The molecule has 0 bridgehead atoms. The molecular weight excluding hydrogens is 240 g/mol. The molecule has 0 unspecified atom stereocenters. The highest BCUT2D eigenvalue weighted by Gasteiger charge is 2.13. The van der Waals surface area contributed by atoms with E-state index in [1.54, 1.807) is 0 Å². The van der Waals surface area contributed by atoms with Crippen LogP contribution in [-0.4, -0.2) is 18.0 Å². The van der Waals surface area contributed by atoms with E-state index >= 15 is 0 Å². The van der Waals surface area contributed by atoms with Gasteiger partial charge in [-0.1, -0.05) is 18.9 Å². The quantitative estimate of drug-likeness (QED) is 0.831. The van der Waals surface area contributed by atoms with Gasteiger partial charge in [0.05, 0.1) is 0 Å². The molecule has 0 spiro atoms. The minimum absolute atomic E-state index is 0.929. The molecule has 0 amide bonds. The normalized spacial score (nSPS) is 18.0. The fraction of sp³-hybridized carbons (Fsp3) is 0.467. The highest BCUT2D eigenvalue weighted by Crippen LogP contribution is 2.31. The number of thiophene rings is 1. The molecule has 1 aliphatic heterocycles. The maximum Gasteiger partial charge on any atom is 0.0405 e. The molecule has 3 heteroatoms. The Kier molecular flexibility index (Phi) is 3.52. The lowest BCUT2D eigenvalue weighted by Gasteiger charge is -2.19. The van der Waals surface area contributed by atoms with Gasteiger partial charge < -0.3 is 5.73 Å². The number of nitrogens with zero attached hydrogens (tertiary/aromatic N) is 1. The van der Waals surface area contributed by atoms with Crippen molar-refractivity contribution >= 4 is 27.1 Å². The van der Waals surface area contributed by atoms with Crippen molar-refractivity contribution in [2.75, 3.05) is 18.8 Å². The van der Waals surface area contributed by atoms with Crippen molar-refractivity contribution in [3.8, 4) is 0 Å². The highest BCUT2D eigenvalue weighted by molar-refractivity contribution is 7.17. The summed E-state index contributed by atoms with van der Waals surface area (Å²) in [6, 6.07) is 6.23.